The van der Waals surface area contributed by atoms with Crippen molar-refractivity contribution in [2.45, 2.75) is 6.42 Å². The molecule has 0 fully saturated rings. The van der Waals surface area contributed by atoms with E-state index in [9.17, 15) is 4.79 Å². The van der Waals surface area contributed by atoms with E-state index in [2.05, 4.69) is 5.32 Å². The third-order valence-electron chi connectivity index (χ3n) is 1.71. The molecule has 4 heteroatoms. The van der Waals surface area contributed by atoms with E-state index in [0.29, 0.717) is 5.69 Å². The summed E-state index contributed by atoms with van der Waals surface area (Å²) in [5.74, 6) is -0.156. The van der Waals surface area contributed by atoms with E-state index in [-0.39, 0.29) is 18.9 Å². The van der Waals surface area contributed by atoms with Crippen molar-refractivity contribution in [2.75, 3.05) is 12.3 Å². The van der Waals surface area contributed by atoms with Gasteiger partial charge in [-0.25, -0.2) is 0 Å². The first-order valence-corrected chi connectivity index (χ1v) is 4.20. The lowest BCUT2D eigenvalue weighted by molar-refractivity contribution is -0.120. The Hall–Kier alpha value is -2.02. The van der Waals surface area contributed by atoms with Crippen LogP contribution in [0.4, 0.5) is 5.69 Å². The first-order chi connectivity index (χ1) is 6.72. The van der Waals surface area contributed by atoms with Crippen LogP contribution in [0.3, 0.4) is 0 Å². The number of benzene rings is 1. The van der Waals surface area contributed by atoms with Crippen LogP contribution in [0.2, 0.25) is 0 Å². The Morgan fingerprint density at radius 2 is 2.07 bits per heavy atom. The monoisotopic (exact) mass is 189 g/mol. The number of hydrogen-bond acceptors (Lipinski definition) is 3. The Labute approximate surface area is 82.3 Å². The quantitative estimate of drug-likeness (QED) is 0.535. The van der Waals surface area contributed by atoms with Gasteiger partial charge >= 0.3 is 0 Å². The summed E-state index contributed by atoms with van der Waals surface area (Å²) in [4.78, 5) is 11.2. The van der Waals surface area contributed by atoms with Crippen LogP contribution in [0.5, 0.6) is 0 Å². The summed E-state index contributed by atoms with van der Waals surface area (Å²) < 4.78 is 0. The topological polar surface area (TPSA) is 78.9 Å². The third-order valence-corrected chi connectivity index (χ3v) is 1.71. The van der Waals surface area contributed by atoms with Crippen molar-refractivity contribution in [3.05, 3.63) is 29.8 Å². The average molecular weight is 189 g/mol. The Morgan fingerprint density at radius 3 is 2.64 bits per heavy atom. The summed E-state index contributed by atoms with van der Waals surface area (Å²) in [7, 11) is 0. The molecule has 1 aromatic rings. The Kier molecular flexibility index (Phi) is 3.50. The highest BCUT2D eigenvalue weighted by Crippen LogP contribution is 2.05. The average Bonchev–Trinajstić information content (AvgIpc) is 2.18. The van der Waals surface area contributed by atoms with Crippen LogP contribution < -0.4 is 11.1 Å². The van der Waals surface area contributed by atoms with Crippen molar-refractivity contribution in [3.63, 3.8) is 0 Å². The number of nitrogen functional groups attached to an aromatic ring is 1. The van der Waals surface area contributed by atoms with Crippen molar-refractivity contribution in [3.8, 4) is 6.07 Å². The number of nitrogens with one attached hydrogen (secondary N) is 1. The summed E-state index contributed by atoms with van der Waals surface area (Å²) in [5, 5.41) is 10.7. The lowest BCUT2D eigenvalue weighted by Crippen LogP contribution is -2.25. The van der Waals surface area contributed by atoms with Crippen LogP contribution in [-0.2, 0) is 11.2 Å². The molecule has 0 heterocycles. The Morgan fingerprint density at radius 1 is 1.43 bits per heavy atom. The molecule has 0 aliphatic rings. The number of hydrogen-bond donors (Lipinski definition) is 2. The Bertz CT molecular complexity index is 351. The molecule has 1 aromatic carbocycles. The zero-order valence-corrected chi connectivity index (χ0v) is 7.66. The first kappa shape index (κ1) is 10.1. The van der Waals surface area contributed by atoms with Gasteiger partial charge < -0.3 is 11.1 Å². The SMILES string of the molecule is N#CCNC(=O)Cc1ccc(N)cc1. The van der Waals surface area contributed by atoms with Gasteiger partial charge in [0.05, 0.1) is 12.5 Å². The fourth-order valence-electron chi connectivity index (χ4n) is 1.02. The van der Waals surface area contributed by atoms with Crippen molar-refractivity contribution in [1.82, 2.24) is 5.32 Å². The predicted molar refractivity (Wildman–Crippen MR) is 53.2 cm³/mol. The van der Waals surface area contributed by atoms with Crippen LogP contribution >= 0.6 is 0 Å². The van der Waals surface area contributed by atoms with E-state index in [1.165, 1.54) is 0 Å². The molecule has 72 valence electrons. The second kappa shape index (κ2) is 4.87. The summed E-state index contributed by atoms with van der Waals surface area (Å²) >= 11 is 0. The number of carbonyl (C=O) groups excluding carboxylic acids is 1. The van der Waals surface area contributed by atoms with Crippen LogP contribution in [0, 0.1) is 11.3 Å². The molecule has 0 saturated carbocycles. The van der Waals surface area contributed by atoms with Crippen LogP contribution in [0.1, 0.15) is 5.56 Å². The maximum absolute atomic E-state index is 11.2. The highest BCUT2D eigenvalue weighted by molar-refractivity contribution is 5.78. The second-order valence-corrected chi connectivity index (χ2v) is 2.85. The van der Waals surface area contributed by atoms with Crippen LogP contribution in [-0.4, -0.2) is 12.5 Å². The number of amides is 1. The summed E-state index contributed by atoms with van der Waals surface area (Å²) in [6, 6.07) is 8.91. The highest BCUT2D eigenvalue weighted by atomic mass is 16.1. The number of nitriles is 1. The van der Waals surface area contributed by atoms with Crippen molar-refractivity contribution in [2.24, 2.45) is 0 Å². The second-order valence-electron chi connectivity index (χ2n) is 2.85. The van der Waals surface area contributed by atoms with E-state index in [1.807, 2.05) is 6.07 Å². The summed E-state index contributed by atoms with van der Waals surface area (Å²) in [6.45, 7) is 0.0494. The highest BCUT2D eigenvalue weighted by Gasteiger charge is 2.01. The molecule has 0 bridgehead atoms. The fourth-order valence-corrected chi connectivity index (χ4v) is 1.02. The number of nitrogens with two attached hydrogens (primary N) is 1. The molecule has 1 rings (SSSR count). The molecule has 0 aliphatic carbocycles. The molecule has 4 nitrogen and oxygen atoms in total. The van der Waals surface area contributed by atoms with Crippen molar-refractivity contribution in [1.29, 1.82) is 5.26 Å². The van der Waals surface area contributed by atoms with E-state index in [1.54, 1.807) is 24.3 Å². The number of carbonyl (C=O) groups is 1. The van der Waals surface area contributed by atoms with E-state index >= 15 is 0 Å². The standard InChI is InChI=1S/C10H11N3O/c11-5-6-13-10(14)7-8-1-3-9(12)4-2-8/h1-4H,6-7,12H2,(H,13,14). The van der Waals surface area contributed by atoms with Gasteiger partial charge in [0.1, 0.15) is 6.54 Å². The first-order valence-electron chi connectivity index (χ1n) is 4.20. The lowest BCUT2D eigenvalue weighted by atomic mass is 10.1. The fraction of sp³-hybridized carbons (Fsp3) is 0.200. The predicted octanol–water partition coefficient (Wildman–Crippen LogP) is 0.451. The molecule has 1 amide bonds. The van der Waals surface area contributed by atoms with Crippen LogP contribution in [0.15, 0.2) is 24.3 Å². The normalized spacial score (nSPS) is 9.07. The van der Waals surface area contributed by atoms with Gasteiger partial charge in [-0.05, 0) is 17.7 Å². The van der Waals surface area contributed by atoms with Gasteiger partial charge in [-0.2, -0.15) is 5.26 Å². The molecule has 0 radical (unpaired) electrons. The molecule has 14 heavy (non-hydrogen) atoms. The zero-order valence-electron chi connectivity index (χ0n) is 7.66. The molecular weight excluding hydrogens is 178 g/mol. The molecule has 0 aromatic heterocycles. The van der Waals surface area contributed by atoms with E-state index in [0.717, 1.165) is 5.56 Å². The van der Waals surface area contributed by atoms with Gasteiger partial charge in [0.15, 0.2) is 0 Å². The van der Waals surface area contributed by atoms with Gasteiger partial charge in [-0.1, -0.05) is 12.1 Å². The largest absolute Gasteiger partial charge is 0.399 e. The Balaban J connectivity index is 2.49. The van der Waals surface area contributed by atoms with Crippen LogP contribution in [0.25, 0.3) is 0 Å². The van der Waals surface area contributed by atoms with Gasteiger partial charge in [-0.15, -0.1) is 0 Å². The van der Waals surface area contributed by atoms with E-state index < -0.39 is 0 Å². The van der Waals surface area contributed by atoms with Gasteiger partial charge in [0, 0.05) is 5.69 Å². The summed E-state index contributed by atoms with van der Waals surface area (Å²) in [5.41, 5.74) is 7.05. The molecule has 0 unspecified atom stereocenters. The lowest BCUT2D eigenvalue weighted by Gasteiger charge is -2.01. The van der Waals surface area contributed by atoms with Crippen molar-refractivity contribution >= 4 is 11.6 Å². The van der Waals surface area contributed by atoms with E-state index in [4.69, 9.17) is 11.0 Å². The number of anilines is 1. The van der Waals surface area contributed by atoms with Gasteiger partial charge in [0.2, 0.25) is 5.91 Å². The smallest absolute Gasteiger partial charge is 0.225 e. The maximum atomic E-state index is 11.2. The molecule has 0 saturated heterocycles. The minimum atomic E-state index is -0.156. The maximum Gasteiger partial charge on any atom is 0.225 e. The molecule has 0 spiro atoms. The number of rotatable bonds is 3. The van der Waals surface area contributed by atoms with Crippen molar-refractivity contribution < 1.29 is 4.79 Å². The van der Waals surface area contributed by atoms with Gasteiger partial charge in [0.25, 0.3) is 0 Å². The summed E-state index contributed by atoms with van der Waals surface area (Å²) in [6.07, 6.45) is 0.280. The minimum Gasteiger partial charge on any atom is -0.399 e. The molecular formula is C10H11N3O. The number of nitrogens with zero attached hydrogens (tertiary/aromatic N) is 1. The molecule has 0 atom stereocenters. The zero-order chi connectivity index (χ0) is 10.4. The third kappa shape index (κ3) is 3.15. The molecule has 0 aliphatic heterocycles. The minimum absolute atomic E-state index is 0.0494. The molecule has 3 N–H and O–H groups in total. The van der Waals surface area contributed by atoms with Gasteiger partial charge in [-0.3, -0.25) is 4.79 Å².